The normalized spacial score (nSPS) is 19.0. The Morgan fingerprint density at radius 1 is 1.15 bits per heavy atom. The molecular weight excluding hydrogens is 358 g/mol. The Balaban J connectivity index is 1.72. The Kier molecular flexibility index (Phi) is 4.60. The first-order valence-electron chi connectivity index (χ1n) is 8.65. The molecular formula is C20H19N5OS. The van der Waals surface area contributed by atoms with Crippen LogP contribution < -0.4 is 15.5 Å². The van der Waals surface area contributed by atoms with Gasteiger partial charge < -0.3 is 20.5 Å². The van der Waals surface area contributed by atoms with Crippen molar-refractivity contribution in [3.63, 3.8) is 0 Å². The summed E-state index contributed by atoms with van der Waals surface area (Å²) in [7, 11) is 0. The minimum atomic E-state index is -0.0967. The third-order valence-electron chi connectivity index (χ3n) is 4.50. The van der Waals surface area contributed by atoms with E-state index in [1.165, 1.54) is 6.92 Å². The zero-order valence-electron chi connectivity index (χ0n) is 14.7. The van der Waals surface area contributed by atoms with Crippen LogP contribution in [-0.4, -0.2) is 21.0 Å². The number of benzene rings is 1. The van der Waals surface area contributed by atoms with Gasteiger partial charge in [-0.2, -0.15) is 0 Å². The molecule has 0 aliphatic carbocycles. The van der Waals surface area contributed by atoms with Gasteiger partial charge in [-0.25, -0.2) is 0 Å². The standard InChI is InChI=1S/C20H19N5OS/c1-13(26)23-14-7-9-15(10-8-14)25-19(17-6-4-12-22-17)18(24-20(25)27)16-5-2-3-11-21-16/h2-12,18-19,22H,1H3,(H,23,26)(H,24,27)/t18-,19+/m1/s1. The highest BCUT2D eigenvalue weighted by Crippen LogP contribution is 2.40. The number of nitrogens with one attached hydrogen (secondary N) is 3. The van der Waals surface area contributed by atoms with Crippen molar-refractivity contribution in [3.05, 3.63) is 78.4 Å². The summed E-state index contributed by atoms with van der Waals surface area (Å²) in [6.07, 6.45) is 3.70. The smallest absolute Gasteiger partial charge is 0.221 e. The molecule has 4 rings (SSSR count). The molecule has 0 radical (unpaired) electrons. The number of amides is 1. The lowest BCUT2D eigenvalue weighted by Crippen LogP contribution is -2.29. The molecule has 0 spiro atoms. The van der Waals surface area contributed by atoms with Crippen molar-refractivity contribution in [3.8, 4) is 0 Å². The third kappa shape index (κ3) is 3.41. The van der Waals surface area contributed by atoms with E-state index in [0.29, 0.717) is 5.11 Å². The molecule has 1 fully saturated rings. The molecule has 7 heteroatoms. The average molecular weight is 377 g/mol. The third-order valence-corrected chi connectivity index (χ3v) is 4.82. The van der Waals surface area contributed by atoms with E-state index in [4.69, 9.17) is 12.2 Å². The molecule has 2 aromatic heterocycles. The Hall–Kier alpha value is -3.19. The van der Waals surface area contributed by atoms with Gasteiger partial charge in [0.25, 0.3) is 0 Å². The van der Waals surface area contributed by atoms with Gasteiger partial charge in [-0.1, -0.05) is 6.07 Å². The number of carbonyl (C=O) groups is 1. The Bertz CT molecular complexity index is 940. The molecule has 136 valence electrons. The van der Waals surface area contributed by atoms with Crippen LogP contribution >= 0.6 is 12.2 Å². The van der Waals surface area contributed by atoms with Crippen LogP contribution in [0, 0.1) is 0 Å². The number of anilines is 2. The molecule has 2 atom stereocenters. The van der Waals surface area contributed by atoms with E-state index in [9.17, 15) is 4.79 Å². The highest BCUT2D eigenvalue weighted by atomic mass is 32.1. The number of aromatic nitrogens is 2. The predicted octanol–water partition coefficient (Wildman–Crippen LogP) is 3.55. The number of carbonyl (C=O) groups excluding carboxylic acids is 1. The molecule has 1 aliphatic rings. The topological polar surface area (TPSA) is 73.1 Å². The van der Waals surface area contributed by atoms with Crippen LogP contribution in [0.5, 0.6) is 0 Å². The Labute approximate surface area is 162 Å². The molecule has 1 amide bonds. The number of H-pyrrole nitrogens is 1. The van der Waals surface area contributed by atoms with Gasteiger partial charge in [0.05, 0.1) is 11.7 Å². The summed E-state index contributed by atoms with van der Waals surface area (Å²) in [4.78, 5) is 21.2. The van der Waals surface area contributed by atoms with Crippen molar-refractivity contribution in [1.82, 2.24) is 15.3 Å². The predicted molar refractivity (Wildman–Crippen MR) is 109 cm³/mol. The van der Waals surface area contributed by atoms with Gasteiger partial charge in [0.2, 0.25) is 5.91 Å². The highest BCUT2D eigenvalue weighted by Gasteiger charge is 2.41. The summed E-state index contributed by atoms with van der Waals surface area (Å²) >= 11 is 5.66. The SMILES string of the molecule is CC(=O)Nc1ccc(N2C(=S)N[C@H](c3ccccn3)[C@@H]2c2ccc[nH]2)cc1. The number of aromatic amines is 1. The van der Waals surface area contributed by atoms with Gasteiger partial charge in [-0.15, -0.1) is 0 Å². The van der Waals surface area contributed by atoms with E-state index < -0.39 is 0 Å². The lowest BCUT2D eigenvalue weighted by atomic mass is 10.0. The number of hydrogen-bond acceptors (Lipinski definition) is 3. The second-order valence-electron chi connectivity index (χ2n) is 6.35. The highest BCUT2D eigenvalue weighted by molar-refractivity contribution is 7.80. The molecule has 0 bridgehead atoms. The summed E-state index contributed by atoms with van der Waals surface area (Å²) in [5, 5.41) is 6.83. The lowest BCUT2D eigenvalue weighted by molar-refractivity contribution is -0.114. The largest absolute Gasteiger partial charge is 0.363 e. The quantitative estimate of drug-likeness (QED) is 0.607. The molecule has 3 heterocycles. The van der Waals surface area contributed by atoms with E-state index in [-0.39, 0.29) is 18.0 Å². The van der Waals surface area contributed by atoms with Crippen LogP contribution in [0.2, 0.25) is 0 Å². The summed E-state index contributed by atoms with van der Waals surface area (Å²) in [6.45, 7) is 1.49. The minimum absolute atomic E-state index is 0.0611. The molecule has 27 heavy (non-hydrogen) atoms. The first-order valence-corrected chi connectivity index (χ1v) is 9.06. The molecule has 1 saturated heterocycles. The van der Waals surface area contributed by atoms with Crippen LogP contribution in [0.3, 0.4) is 0 Å². The van der Waals surface area contributed by atoms with Gasteiger partial charge in [-0.05, 0) is 60.7 Å². The van der Waals surface area contributed by atoms with Crippen molar-refractivity contribution in [2.45, 2.75) is 19.0 Å². The van der Waals surface area contributed by atoms with E-state index >= 15 is 0 Å². The van der Waals surface area contributed by atoms with Gasteiger partial charge in [0.1, 0.15) is 6.04 Å². The van der Waals surface area contributed by atoms with Crippen LogP contribution in [0.25, 0.3) is 0 Å². The van der Waals surface area contributed by atoms with Crippen molar-refractivity contribution in [1.29, 1.82) is 0 Å². The number of pyridine rings is 1. The zero-order chi connectivity index (χ0) is 18.8. The molecule has 6 nitrogen and oxygen atoms in total. The Morgan fingerprint density at radius 2 is 1.96 bits per heavy atom. The summed E-state index contributed by atoms with van der Waals surface area (Å²) in [5.41, 5.74) is 3.67. The monoisotopic (exact) mass is 377 g/mol. The van der Waals surface area contributed by atoms with Crippen LogP contribution in [0.4, 0.5) is 11.4 Å². The average Bonchev–Trinajstić information content (AvgIpc) is 3.30. The van der Waals surface area contributed by atoms with Crippen molar-refractivity contribution in [2.24, 2.45) is 0 Å². The maximum absolute atomic E-state index is 11.3. The van der Waals surface area contributed by atoms with E-state index in [1.54, 1.807) is 6.20 Å². The van der Waals surface area contributed by atoms with E-state index in [1.807, 2.05) is 54.7 Å². The van der Waals surface area contributed by atoms with E-state index in [0.717, 1.165) is 22.8 Å². The first kappa shape index (κ1) is 17.2. The second kappa shape index (κ2) is 7.20. The first-order chi connectivity index (χ1) is 13.1. The summed E-state index contributed by atoms with van der Waals surface area (Å²) < 4.78 is 0. The van der Waals surface area contributed by atoms with Gasteiger partial charge in [-0.3, -0.25) is 9.78 Å². The molecule has 1 aromatic carbocycles. The zero-order valence-corrected chi connectivity index (χ0v) is 15.5. The van der Waals surface area contributed by atoms with Crippen LogP contribution in [-0.2, 0) is 4.79 Å². The van der Waals surface area contributed by atoms with Gasteiger partial charge >= 0.3 is 0 Å². The molecule has 3 aromatic rings. The molecule has 0 saturated carbocycles. The van der Waals surface area contributed by atoms with Crippen LogP contribution in [0.1, 0.15) is 30.4 Å². The van der Waals surface area contributed by atoms with E-state index in [2.05, 4.69) is 31.6 Å². The minimum Gasteiger partial charge on any atom is -0.363 e. The number of hydrogen-bond donors (Lipinski definition) is 3. The fraction of sp³-hybridized carbons (Fsp3) is 0.150. The summed E-state index contributed by atoms with van der Waals surface area (Å²) in [6, 6.07) is 17.4. The fourth-order valence-electron chi connectivity index (χ4n) is 3.39. The number of nitrogens with zero attached hydrogens (tertiary/aromatic N) is 2. The molecule has 0 unspecified atom stereocenters. The maximum Gasteiger partial charge on any atom is 0.221 e. The molecule has 3 N–H and O–H groups in total. The number of thiocarbonyl (C=S) groups is 1. The maximum atomic E-state index is 11.3. The molecule has 1 aliphatic heterocycles. The second-order valence-corrected chi connectivity index (χ2v) is 6.74. The van der Waals surface area contributed by atoms with Crippen molar-refractivity contribution < 1.29 is 4.79 Å². The Morgan fingerprint density at radius 3 is 2.59 bits per heavy atom. The number of rotatable bonds is 4. The van der Waals surface area contributed by atoms with Crippen molar-refractivity contribution >= 4 is 34.6 Å². The van der Waals surface area contributed by atoms with Gasteiger partial charge in [0, 0.05) is 36.4 Å². The van der Waals surface area contributed by atoms with Crippen molar-refractivity contribution in [2.75, 3.05) is 10.2 Å². The van der Waals surface area contributed by atoms with Crippen LogP contribution in [0.15, 0.2) is 67.0 Å². The van der Waals surface area contributed by atoms with Gasteiger partial charge in [0.15, 0.2) is 5.11 Å². The fourth-order valence-corrected chi connectivity index (χ4v) is 3.73. The lowest BCUT2D eigenvalue weighted by Gasteiger charge is -2.27. The summed E-state index contributed by atoms with van der Waals surface area (Å²) in [5.74, 6) is -0.0967.